The van der Waals surface area contributed by atoms with Crippen LogP contribution in [0.2, 0.25) is 0 Å². The summed E-state index contributed by atoms with van der Waals surface area (Å²) in [6.45, 7) is 1.68. The van der Waals surface area contributed by atoms with E-state index in [1.807, 2.05) is 7.05 Å². The van der Waals surface area contributed by atoms with Crippen molar-refractivity contribution in [2.45, 2.75) is 44.4 Å². The summed E-state index contributed by atoms with van der Waals surface area (Å²) < 4.78 is 10.7. The number of carboxylic acids is 1. The van der Waals surface area contributed by atoms with Crippen molar-refractivity contribution in [2.75, 3.05) is 7.05 Å². The normalized spacial score (nSPS) is 29.7. The fraction of sp³-hybridized carbons (Fsp3) is 0.562. The lowest BCUT2D eigenvalue weighted by atomic mass is 9.88. The summed E-state index contributed by atoms with van der Waals surface area (Å²) in [6.07, 6.45) is 1.91. The monoisotopic (exact) mass is 357 g/mol. The first kappa shape index (κ1) is 19.1. The van der Waals surface area contributed by atoms with E-state index in [0.29, 0.717) is 18.0 Å². The highest BCUT2D eigenvalue weighted by Gasteiger charge is 2.48. The first-order valence-electron chi connectivity index (χ1n) is 7.87. The zero-order valence-electron chi connectivity index (χ0n) is 13.7. The average Bonchev–Trinajstić information content (AvgIpc) is 2.71. The summed E-state index contributed by atoms with van der Waals surface area (Å²) in [4.78, 5) is 30.6. The van der Waals surface area contributed by atoms with Gasteiger partial charge in [-0.2, -0.15) is 0 Å². The molecule has 0 radical (unpaired) electrons. The van der Waals surface area contributed by atoms with Gasteiger partial charge in [0.2, 0.25) is 0 Å². The lowest BCUT2D eigenvalue weighted by Gasteiger charge is -2.38. The van der Waals surface area contributed by atoms with Crippen LogP contribution in [0, 0.1) is 12.8 Å². The van der Waals surface area contributed by atoms with Crippen LogP contribution in [0.5, 0.6) is 0 Å². The van der Waals surface area contributed by atoms with Gasteiger partial charge in [0.1, 0.15) is 0 Å². The third kappa shape index (κ3) is 4.05. The van der Waals surface area contributed by atoms with Crippen LogP contribution in [-0.4, -0.2) is 56.1 Å². The molecule has 1 aromatic carbocycles. The Kier molecular flexibility index (Phi) is 5.83. The van der Waals surface area contributed by atoms with Gasteiger partial charge in [-0.05, 0) is 44.9 Å². The molecular weight excluding hydrogens is 333 g/mol. The molecule has 0 amide bonds. The number of nitrogens with zero attached hydrogens (tertiary/aromatic N) is 1. The first-order valence-corrected chi connectivity index (χ1v) is 9.48. The molecule has 3 rings (SSSR count). The van der Waals surface area contributed by atoms with Gasteiger partial charge in [0.15, 0.2) is 0 Å². The Morgan fingerprint density at radius 3 is 2.38 bits per heavy atom. The van der Waals surface area contributed by atoms with E-state index < -0.39 is 25.6 Å². The van der Waals surface area contributed by atoms with E-state index in [1.54, 1.807) is 25.1 Å². The minimum atomic E-state index is -4.06. The number of aliphatic hydroxyl groups excluding tert-OH is 1. The van der Waals surface area contributed by atoms with E-state index in [1.165, 1.54) is 6.07 Å². The molecule has 0 spiro atoms. The number of aryl methyl sites for hydroxylation is 1. The van der Waals surface area contributed by atoms with Crippen molar-refractivity contribution in [3.05, 3.63) is 29.8 Å². The lowest BCUT2D eigenvalue weighted by Crippen LogP contribution is -2.51. The third-order valence-electron chi connectivity index (χ3n) is 4.95. The highest BCUT2D eigenvalue weighted by Crippen LogP contribution is 2.38. The first-order chi connectivity index (χ1) is 11.1. The molecular formula is C16H24NO6P. The molecule has 8 heteroatoms. The smallest absolute Gasteiger partial charge is 0.356 e. The number of carboxylic acid groups (broad SMARTS) is 1. The fourth-order valence-electron chi connectivity index (χ4n) is 3.66. The Hall–Kier alpha value is -1.24. The zero-order valence-corrected chi connectivity index (χ0v) is 14.6. The molecule has 0 aromatic heterocycles. The zero-order chi connectivity index (χ0) is 18.1. The van der Waals surface area contributed by atoms with E-state index >= 15 is 0 Å². The number of carbonyl (C=O) groups is 1. The standard InChI is InChI=1S/C9H15NO3.C7H9O3P/c1-10-5-2-3-6(10)8(9(12)13)7(11)4-5;1-6-4-2-3-5-7(6)11(8,9)10/h5-8,11H,2-4H2,1H3,(H,12,13);2-5H,1H3,(H2,8,9,10)/t5?,6?,7-,8?;/m0./s1. The van der Waals surface area contributed by atoms with Crippen LogP contribution in [0.3, 0.4) is 0 Å². The van der Waals surface area contributed by atoms with Gasteiger partial charge < -0.3 is 20.0 Å². The number of fused-ring (bicyclic) bond motifs is 2. The molecule has 4 N–H and O–H groups in total. The summed E-state index contributed by atoms with van der Waals surface area (Å²) >= 11 is 0. The topological polar surface area (TPSA) is 118 Å². The van der Waals surface area contributed by atoms with E-state index in [2.05, 4.69) is 4.90 Å². The molecule has 2 saturated heterocycles. The maximum absolute atomic E-state index is 10.9. The van der Waals surface area contributed by atoms with Crippen LogP contribution in [0.15, 0.2) is 24.3 Å². The summed E-state index contributed by atoms with van der Waals surface area (Å²) in [5.74, 6) is -1.44. The van der Waals surface area contributed by atoms with Gasteiger partial charge >= 0.3 is 13.6 Å². The molecule has 2 aliphatic heterocycles. The predicted molar refractivity (Wildman–Crippen MR) is 89.2 cm³/mol. The van der Waals surface area contributed by atoms with Crippen LogP contribution < -0.4 is 5.30 Å². The van der Waals surface area contributed by atoms with E-state index in [9.17, 15) is 14.5 Å². The molecule has 4 atom stereocenters. The van der Waals surface area contributed by atoms with Gasteiger partial charge in [0, 0.05) is 12.1 Å². The SMILES string of the molecule is CN1C2CCC1C(C(=O)O)[C@@H](O)C2.Cc1ccccc1P(=O)(O)O. The maximum atomic E-state index is 10.9. The maximum Gasteiger partial charge on any atom is 0.356 e. The molecule has 0 saturated carbocycles. The number of hydrogen-bond donors (Lipinski definition) is 4. The molecule has 7 nitrogen and oxygen atoms in total. The molecule has 2 aliphatic rings. The van der Waals surface area contributed by atoms with Crippen molar-refractivity contribution < 1.29 is 29.4 Å². The lowest BCUT2D eigenvalue weighted by molar-refractivity contribution is -0.151. The average molecular weight is 357 g/mol. The minimum absolute atomic E-state index is 0.0475. The summed E-state index contributed by atoms with van der Waals surface area (Å²) in [5, 5.41) is 18.7. The largest absolute Gasteiger partial charge is 0.481 e. The van der Waals surface area contributed by atoms with Crippen molar-refractivity contribution in [3.63, 3.8) is 0 Å². The van der Waals surface area contributed by atoms with Crippen molar-refractivity contribution in [1.82, 2.24) is 4.90 Å². The molecule has 2 bridgehead atoms. The second-order valence-electron chi connectivity index (χ2n) is 6.46. The van der Waals surface area contributed by atoms with Gasteiger partial charge in [-0.15, -0.1) is 0 Å². The summed E-state index contributed by atoms with van der Waals surface area (Å²) in [6, 6.07) is 6.92. The molecule has 1 aromatic rings. The van der Waals surface area contributed by atoms with Crippen LogP contribution in [-0.2, 0) is 9.36 Å². The number of aliphatic carboxylic acids is 1. The molecule has 24 heavy (non-hydrogen) atoms. The highest BCUT2D eigenvalue weighted by atomic mass is 31.2. The van der Waals surface area contributed by atoms with Gasteiger partial charge in [0.25, 0.3) is 0 Å². The van der Waals surface area contributed by atoms with Crippen LogP contribution in [0.25, 0.3) is 0 Å². The second-order valence-corrected chi connectivity index (χ2v) is 8.03. The predicted octanol–water partition coefficient (Wildman–Crippen LogP) is 0.713. The van der Waals surface area contributed by atoms with E-state index in [0.717, 1.165) is 12.8 Å². The molecule has 3 unspecified atom stereocenters. The molecule has 2 fully saturated rings. The number of piperidine rings is 1. The van der Waals surface area contributed by atoms with Crippen LogP contribution in [0.1, 0.15) is 24.8 Å². The fourth-order valence-corrected chi connectivity index (χ4v) is 4.47. The van der Waals surface area contributed by atoms with Crippen molar-refractivity contribution >= 4 is 18.9 Å². The van der Waals surface area contributed by atoms with Gasteiger partial charge in [-0.3, -0.25) is 14.3 Å². The molecule has 0 aliphatic carbocycles. The number of aliphatic hydroxyl groups is 1. The number of benzene rings is 1. The van der Waals surface area contributed by atoms with Crippen LogP contribution >= 0.6 is 7.60 Å². The second kappa shape index (κ2) is 7.33. The number of hydrogen-bond acceptors (Lipinski definition) is 4. The van der Waals surface area contributed by atoms with Crippen molar-refractivity contribution in [3.8, 4) is 0 Å². The Balaban J connectivity index is 0.000000177. The molecule has 134 valence electrons. The Labute approximate surface area is 141 Å². The van der Waals surface area contributed by atoms with Crippen molar-refractivity contribution in [2.24, 2.45) is 5.92 Å². The van der Waals surface area contributed by atoms with Gasteiger partial charge in [-0.25, -0.2) is 0 Å². The van der Waals surface area contributed by atoms with E-state index in [4.69, 9.17) is 14.9 Å². The highest BCUT2D eigenvalue weighted by molar-refractivity contribution is 7.60. The van der Waals surface area contributed by atoms with Gasteiger partial charge in [0.05, 0.1) is 17.3 Å². The quantitative estimate of drug-likeness (QED) is 0.576. The summed E-state index contributed by atoms with van der Waals surface area (Å²) in [5.41, 5.74) is 0.626. The summed E-state index contributed by atoms with van der Waals surface area (Å²) in [7, 11) is -2.09. The van der Waals surface area contributed by atoms with E-state index in [-0.39, 0.29) is 11.3 Å². The van der Waals surface area contributed by atoms with Crippen molar-refractivity contribution in [1.29, 1.82) is 0 Å². The molecule has 2 heterocycles. The Bertz CT molecular complexity index is 645. The van der Waals surface area contributed by atoms with Gasteiger partial charge in [-0.1, -0.05) is 18.2 Å². The third-order valence-corrected chi connectivity index (χ3v) is 6.08. The Morgan fingerprint density at radius 2 is 1.88 bits per heavy atom. The number of rotatable bonds is 2. The van der Waals surface area contributed by atoms with Crippen LogP contribution in [0.4, 0.5) is 0 Å². The Morgan fingerprint density at radius 1 is 1.25 bits per heavy atom. The minimum Gasteiger partial charge on any atom is -0.481 e.